The van der Waals surface area contributed by atoms with Gasteiger partial charge in [0.25, 0.3) is 0 Å². The minimum atomic E-state index is -0.100. The average Bonchev–Trinajstić information content (AvgIpc) is 2.84. The quantitative estimate of drug-likeness (QED) is 0.502. The Morgan fingerprint density at radius 3 is 2.45 bits per heavy atom. The lowest BCUT2D eigenvalue weighted by atomic mass is 10.1. The average molecular weight is 440 g/mol. The Bertz CT molecular complexity index is 1300. The molecule has 3 N–H and O–H groups in total. The maximum absolute atomic E-state index is 12.7. The number of benzene rings is 2. The fourth-order valence-corrected chi connectivity index (χ4v) is 4.05. The van der Waals surface area contributed by atoms with Gasteiger partial charge in [-0.2, -0.15) is 4.98 Å². The predicted octanol–water partition coefficient (Wildman–Crippen LogP) is 3.94. The Balaban J connectivity index is 1.36. The Hall–Kier alpha value is -4.20. The molecule has 1 fully saturated rings. The van der Waals surface area contributed by atoms with Gasteiger partial charge < -0.3 is 20.9 Å². The Labute approximate surface area is 192 Å². The molecule has 0 aliphatic carbocycles. The number of rotatable bonds is 3. The molecule has 0 bridgehead atoms. The van der Waals surface area contributed by atoms with E-state index in [2.05, 4.69) is 20.2 Å². The first-order valence-electron chi connectivity index (χ1n) is 10.9. The van der Waals surface area contributed by atoms with Crippen LogP contribution >= 0.6 is 0 Å². The number of urea groups is 1. The van der Waals surface area contributed by atoms with Crippen LogP contribution in [-0.4, -0.2) is 52.1 Å². The number of hydrogen-bond acceptors (Lipinski definition) is 6. The third-order valence-corrected chi connectivity index (χ3v) is 5.75. The zero-order valence-corrected chi connectivity index (χ0v) is 18.4. The maximum Gasteiger partial charge on any atom is 0.321 e. The van der Waals surface area contributed by atoms with Crippen molar-refractivity contribution in [1.29, 1.82) is 0 Å². The van der Waals surface area contributed by atoms with Crippen LogP contribution in [0.1, 0.15) is 5.56 Å². The molecule has 0 spiro atoms. The van der Waals surface area contributed by atoms with E-state index >= 15 is 0 Å². The molecular formula is C25H25N7O. The van der Waals surface area contributed by atoms with Gasteiger partial charge in [-0.05, 0) is 36.8 Å². The molecule has 1 aliphatic rings. The molecule has 0 atom stereocenters. The van der Waals surface area contributed by atoms with Crippen molar-refractivity contribution in [1.82, 2.24) is 19.9 Å². The summed E-state index contributed by atoms with van der Waals surface area (Å²) in [6, 6.07) is 21.6. The highest BCUT2D eigenvalue weighted by Crippen LogP contribution is 2.27. The third-order valence-electron chi connectivity index (χ3n) is 5.75. The minimum absolute atomic E-state index is 0.100. The van der Waals surface area contributed by atoms with Gasteiger partial charge in [0.1, 0.15) is 5.52 Å². The van der Waals surface area contributed by atoms with Crippen LogP contribution in [-0.2, 0) is 0 Å². The first kappa shape index (κ1) is 20.7. The SMILES string of the molecule is Cc1cccc(NC(=O)N2CCN(c3nc(N)nc4ccc(-c5ccccc5)nc34)CC2)c1. The van der Waals surface area contributed by atoms with Gasteiger partial charge in [-0.25, -0.2) is 14.8 Å². The van der Waals surface area contributed by atoms with Crippen molar-refractivity contribution in [2.75, 3.05) is 42.1 Å². The number of nitrogen functional groups attached to an aromatic ring is 1. The van der Waals surface area contributed by atoms with E-state index in [1.807, 2.05) is 78.6 Å². The van der Waals surface area contributed by atoms with Crippen molar-refractivity contribution in [2.45, 2.75) is 6.92 Å². The molecule has 0 unspecified atom stereocenters. The maximum atomic E-state index is 12.7. The molecule has 166 valence electrons. The number of piperazine rings is 1. The van der Waals surface area contributed by atoms with Gasteiger partial charge >= 0.3 is 6.03 Å². The zero-order valence-electron chi connectivity index (χ0n) is 18.4. The topological polar surface area (TPSA) is 100 Å². The van der Waals surface area contributed by atoms with Crippen LogP contribution in [0.15, 0.2) is 66.7 Å². The molecule has 0 radical (unpaired) electrons. The zero-order chi connectivity index (χ0) is 22.8. The number of amides is 2. The fourth-order valence-electron chi connectivity index (χ4n) is 4.05. The van der Waals surface area contributed by atoms with Crippen molar-refractivity contribution in [3.8, 4) is 11.3 Å². The number of fused-ring (bicyclic) bond motifs is 1. The van der Waals surface area contributed by atoms with E-state index in [1.165, 1.54) is 0 Å². The lowest BCUT2D eigenvalue weighted by Crippen LogP contribution is -2.50. The van der Waals surface area contributed by atoms with Gasteiger partial charge in [0.05, 0.1) is 11.2 Å². The smallest absolute Gasteiger partial charge is 0.321 e. The van der Waals surface area contributed by atoms with Crippen LogP contribution in [0.5, 0.6) is 0 Å². The fraction of sp³-hybridized carbons (Fsp3) is 0.200. The van der Waals surface area contributed by atoms with Crippen LogP contribution in [0.2, 0.25) is 0 Å². The van der Waals surface area contributed by atoms with Crippen LogP contribution in [0.25, 0.3) is 22.3 Å². The number of pyridine rings is 1. The van der Waals surface area contributed by atoms with E-state index < -0.39 is 0 Å². The van der Waals surface area contributed by atoms with E-state index in [0.29, 0.717) is 43.0 Å². The molecule has 1 aliphatic heterocycles. The summed E-state index contributed by atoms with van der Waals surface area (Å²) in [4.78, 5) is 30.4. The first-order chi connectivity index (χ1) is 16.1. The molecule has 3 heterocycles. The summed E-state index contributed by atoms with van der Waals surface area (Å²) in [7, 11) is 0. The van der Waals surface area contributed by atoms with E-state index in [9.17, 15) is 4.79 Å². The number of carbonyl (C=O) groups is 1. The number of nitrogens with zero attached hydrogens (tertiary/aromatic N) is 5. The van der Waals surface area contributed by atoms with E-state index in [0.717, 1.165) is 22.5 Å². The van der Waals surface area contributed by atoms with Gasteiger partial charge in [-0.15, -0.1) is 0 Å². The minimum Gasteiger partial charge on any atom is -0.368 e. The summed E-state index contributed by atoms with van der Waals surface area (Å²) in [5, 5.41) is 2.98. The van der Waals surface area contributed by atoms with Gasteiger partial charge in [0, 0.05) is 37.4 Å². The molecule has 2 aromatic carbocycles. The lowest BCUT2D eigenvalue weighted by Gasteiger charge is -2.35. The summed E-state index contributed by atoms with van der Waals surface area (Å²) >= 11 is 0. The molecule has 4 aromatic rings. The lowest BCUT2D eigenvalue weighted by molar-refractivity contribution is 0.208. The monoisotopic (exact) mass is 439 g/mol. The molecular weight excluding hydrogens is 414 g/mol. The highest BCUT2D eigenvalue weighted by Gasteiger charge is 2.24. The van der Waals surface area contributed by atoms with Gasteiger partial charge in [0.2, 0.25) is 5.95 Å². The number of nitrogens with one attached hydrogen (secondary N) is 1. The molecule has 0 saturated carbocycles. The summed E-state index contributed by atoms with van der Waals surface area (Å²) in [5.41, 5.74) is 11.2. The highest BCUT2D eigenvalue weighted by atomic mass is 16.2. The molecule has 2 amide bonds. The molecule has 1 saturated heterocycles. The largest absolute Gasteiger partial charge is 0.368 e. The number of aromatic nitrogens is 3. The number of aryl methyl sites for hydroxylation is 1. The summed E-state index contributed by atoms with van der Waals surface area (Å²) in [6.07, 6.45) is 0. The van der Waals surface area contributed by atoms with Crippen molar-refractivity contribution >= 4 is 34.5 Å². The Morgan fingerprint density at radius 2 is 1.70 bits per heavy atom. The van der Waals surface area contributed by atoms with Gasteiger partial charge in [0.15, 0.2) is 5.82 Å². The van der Waals surface area contributed by atoms with Crippen LogP contribution in [0.3, 0.4) is 0 Å². The Kier molecular flexibility index (Phi) is 5.48. The number of hydrogen-bond donors (Lipinski definition) is 2. The van der Waals surface area contributed by atoms with E-state index in [4.69, 9.17) is 10.7 Å². The van der Waals surface area contributed by atoms with E-state index in [1.54, 1.807) is 0 Å². The van der Waals surface area contributed by atoms with Crippen molar-refractivity contribution < 1.29 is 4.79 Å². The third kappa shape index (κ3) is 4.41. The van der Waals surface area contributed by atoms with Crippen molar-refractivity contribution in [3.05, 3.63) is 72.3 Å². The highest BCUT2D eigenvalue weighted by molar-refractivity contribution is 5.90. The van der Waals surface area contributed by atoms with Crippen LogP contribution in [0.4, 0.5) is 22.2 Å². The van der Waals surface area contributed by atoms with Crippen molar-refractivity contribution in [3.63, 3.8) is 0 Å². The predicted molar refractivity (Wildman–Crippen MR) is 131 cm³/mol. The van der Waals surface area contributed by atoms with Gasteiger partial charge in [-0.1, -0.05) is 42.5 Å². The molecule has 8 nitrogen and oxygen atoms in total. The van der Waals surface area contributed by atoms with Crippen LogP contribution in [0, 0.1) is 6.92 Å². The number of anilines is 3. The number of nitrogens with two attached hydrogens (primary N) is 1. The molecule has 5 rings (SSSR count). The second kappa shape index (κ2) is 8.74. The summed E-state index contributed by atoms with van der Waals surface area (Å²) in [5.74, 6) is 0.917. The van der Waals surface area contributed by atoms with E-state index in [-0.39, 0.29) is 12.0 Å². The Morgan fingerprint density at radius 1 is 0.909 bits per heavy atom. The molecule has 33 heavy (non-hydrogen) atoms. The second-order valence-corrected chi connectivity index (χ2v) is 8.11. The standard InChI is InChI=1S/C25H25N7O/c1-17-6-5-9-19(16-17)27-25(33)32-14-12-31(13-15-32)23-22-21(29-24(26)30-23)11-10-20(28-22)18-7-3-2-4-8-18/h2-11,16H,12-15H2,1H3,(H,27,33)(H2,26,29,30). The first-order valence-corrected chi connectivity index (χ1v) is 10.9. The normalized spacial score (nSPS) is 13.8. The van der Waals surface area contributed by atoms with Crippen molar-refractivity contribution in [2.24, 2.45) is 0 Å². The second-order valence-electron chi connectivity index (χ2n) is 8.11. The molecule has 8 heteroatoms. The van der Waals surface area contributed by atoms with Gasteiger partial charge in [-0.3, -0.25) is 0 Å². The van der Waals surface area contributed by atoms with Crippen LogP contribution < -0.4 is 16.0 Å². The summed E-state index contributed by atoms with van der Waals surface area (Å²) in [6.45, 7) is 4.40. The summed E-state index contributed by atoms with van der Waals surface area (Å²) < 4.78 is 0. The molecule has 2 aromatic heterocycles. The number of carbonyl (C=O) groups excluding carboxylic acids is 1.